The molecule has 0 aromatic carbocycles. The van der Waals surface area contributed by atoms with Crippen molar-refractivity contribution in [2.75, 3.05) is 0 Å². The predicted octanol–water partition coefficient (Wildman–Crippen LogP) is 2.91. The molecule has 2 bridgehead atoms. The lowest BCUT2D eigenvalue weighted by Gasteiger charge is -2.39. The Morgan fingerprint density at radius 3 is 2.92 bits per heavy atom. The number of aryl methyl sites for hydroxylation is 1. The first-order valence-electron chi connectivity index (χ1n) is 9.19. The van der Waals surface area contributed by atoms with Crippen LogP contribution in [0.5, 0.6) is 0 Å². The summed E-state index contributed by atoms with van der Waals surface area (Å²) in [6.45, 7) is 1.79. The SMILES string of the molecule is Cc1nccc(C(=O)N[C@@]23CC[C@H](CCC2C#Cc2ccccn2)C3)n1. The Hall–Kier alpha value is -2.74. The molecule has 26 heavy (non-hydrogen) atoms. The van der Waals surface area contributed by atoms with Crippen molar-refractivity contribution in [3.63, 3.8) is 0 Å². The Labute approximate surface area is 153 Å². The summed E-state index contributed by atoms with van der Waals surface area (Å²) in [5, 5.41) is 3.30. The number of carbonyl (C=O) groups excluding carboxylic acids is 1. The summed E-state index contributed by atoms with van der Waals surface area (Å²) in [5.74, 6) is 7.94. The predicted molar refractivity (Wildman–Crippen MR) is 98.1 cm³/mol. The van der Waals surface area contributed by atoms with Crippen molar-refractivity contribution in [2.24, 2.45) is 11.8 Å². The van der Waals surface area contributed by atoms with Crippen LogP contribution in [0.2, 0.25) is 0 Å². The van der Waals surface area contributed by atoms with Gasteiger partial charge in [0.05, 0.1) is 5.54 Å². The van der Waals surface area contributed by atoms with Gasteiger partial charge in [0.25, 0.3) is 5.91 Å². The molecule has 2 aromatic rings. The molecule has 132 valence electrons. The number of fused-ring (bicyclic) bond motifs is 2. The molecule has 1 amide bonds. The van der Waals surface area contributed by atoms with Crippen molar-refractivity contribution in [1.29, 1.82) is 0 Å². The minimum atomic E-state index is -0.249. The molecule has 2 aliphatic carbocycles. The van der Waals surface area contributed by atoms with Crippen LogP contribution in [0.4, 0.5) is 0 Å². The molecule has 2 saturated carbocycles. The number of hydrogen-bond donors (Lipinski definition) is 1. The summed E-state index contributed by atoms with van der Waals surface area (Å²) in [6.07, 6.45) is 8.74. The van der Waals surface area contributed by atoms with E-state index in [4.69, 9.17) is 0 Å². The van der Waals surface area contributed by atoms with E-state index in [1.807, 2.05) is 18.2 Å². The van der Waals surface area contributed by atoms with Gasteiger partial charge in [-0.3, -0.25) is 4.79 Å². The molecule has 1 unspecified atom stereocenters. The van der Waals surface area contributed by atoms with Crippen molar-refractivity contribution in [3.05, 3.63) is 53.9 Å². The molecule has 2 aromatic heterocycles. The maximum absolute atomic E-state index is 12.8. The third kappa shape index (κ3) is 3.32. The number of pyridine rings is 1. The van der Waals surface area contributed by atoms with E-state index >= 15 is 0 Å². The van der Waals surface area contributed by atoms with Gasteiger partial charge in [0.2, 0.25) is 0 Å². The molecule has 3 atom stereocenters. The summed E-state index contributed by atoms with van der Waals surface area (Å²) < 4.78 is 0. The lowest BCUT2D eigenvalue weighted by Crippen LogP contribution is -2.53. The number of carbonyl (C=O) groups is 1. The third-order valence-electron chi connectivity index (χ3n) is 5.59. The minimum absolute atomic E-state index is 0.123. The van der Waals surface area contributed by atoms with Crippen molar-refractivity contribution >= 4 is 5.91 Å². The highest BCUT2D eigenvalue weighted by Gasteiger charge is 2.49. The van der Waals surface area contributed by atoms with Crippen LogP contribution in [0.15, 0.2) is 36.7 Å². The molecule has 5 nitrogen and oxygen atoms in total. The van der Waals surface area contributed by atoms with Gasteiger partial charge >= 0.3 is 0 Å². The smallest absolute Gasteiger partial charge is 0.270 e. The molecule has 1 N–H and O–H groups in total. The molecule has 4 rings (SSSR count). The van der Waals surface area contributed by atoms with Gasteiger partial charge in [0, 0.05) is 18.3 Å². The zero-order chi connectivity index (χ0) is 18.0. The lowest BCUT2D eigenvalue weighted by molar-refractivity contribution is 0.0844. The van der Waals surface area contributed by atoms with Gasteiger partial charge in [-0.15, -0.1) is 0 Å². The van der Waals surface area contributed by atoms with E-state index in [1.165, 1.54) is 6.42 Å². The van der Waals surface area contributed by atoms with Crippen LogP contribution in [-0.2, 0) is 0 Å². The highest BCUT2D eigenvalue weighted by Crippen LogP contribution is 2.48. The van der Waals surface area contributed by atoms with Crippen LogP contribution in [-0.4, -0.2) is 26.4 Å². The molecule has 0 radical (unpaired) electrons. The van der Waals surface area contributed by atoms with Crippen LogP contribution in [0.3, 0.4) is 0 Å². The maximum Gasteiger partial charge on any atom is 0.270 e. The maximum atomic E-state index is 12.8. The van der Waals surface area contributed by atoms with Gasteiger partial charge < -0.3 is 5.32 Å². The highest BCUT2D eigenvalue weighted by atomic mass is 16.2. The largest absolute Gasteiger partial charge is 0.344 e. The Balaban J connectivity index is 1.58. The molecule has 0 spiro atoms. The molecular formula is C21H22N4O. The van der Waals surface area contributed by atoms with Gasteiger partial charge in [0.15, 0.2) is 0 Å². The van der Waals surface area contributed by atoms with Gasteiger partial charge in [-0.25, -0.2) is 15.0 Å². The van der Waals surface area contributed by atoms with E-state index in [-0.39, 0.29) is 17.4 Å². The summed E-state index contributed by atoms with van der Waals surface area (Å²) >= 11 is 0. The minimum Gasteiger partial charge on any atom is -0.344 e. The summed E-state index contributed by atoms with van der Waals surface area (Å²) in [6, 6.07) is 7.42. The van der Waals surface area contributed by atoms with Gasteiger partial charge in [-0.1, -0.05) is 12.0 Å². The Morgan fingerprint density at radius 1 is 1.19 bits per heavy atom. The fourth-order valence-electron chi connectivity index (χ4n) is 4.30. The van der Waals surface area contributed by atoms with Gasteiger partial charge in [0.1, 0.15) is 17.2 Å². The summed E-state index contributed by atoms with van der Waals surface area (Å²) in [4.78, 5) is 25.4. The lowest BCUT2D eigenvalue weighted by atomic mass is 9.74. The number of nitrogens with one attached hydrogen (secondary N) is 1. The number of aromatic nitrogens is 3. The molecule has 0 saturated heterocycles. The summed E-state index contributed by atoms with van der Waals surface area (Å²) in [5.41, 5.74) is 0.957. The fraction of sp³-hybridized carbons (Fsp3) is 0.429. The number of hydrogen-bond acceptors (Lipinski definition) is 4. The van der Waals surface area contributed by atoms with Crippen molar-refractivity contribution in [1.82, 2.24) is 20.3 Å². The van der Waals surface area contributed by atoms with Crippen molar-refractivity contribution in [2.45, 2.75) is 44.6 Å². The third-order valence-corrected chi connectivity index (χ3v) is 5.59. The number of nitrogens with zero attached hydrogens (tertiary/aromatic N) is 3. The Bertz CT molecular complexity index is 870. The second-order valence-electron chi connectivity index (χ2n) is 7.32. The van der Waals surface area contributed by atoms with E-state index in [9.17, 15) is 4.79 Å². The van der Waals surface area contributed by atoms with Crippen LogP contribution in [0.1, 0.15) is 54.1 Å². The summed E-state index contributed by atoms with van der Waals surface area (Å²) in [7, 11) is 0. The highest BCUT2D eigenvalue weighted by molar-refractivity contribution is 5.92. The quantitative estimate of drug-likeness (QED) is 0.849. The topological polar surface area (TPSA) is 67.8 Å². The first-order valence-corrected chi connectivity index (χ1v) is 9.19. The van der Waals surface area contributed by atoms with E-state index in [1.54, 1.807) is 25.4 Å². The molecule has 0 aliphatic heterocycles. The zero-order valence-corrected chi connectivity index (χ0v) is 14.9. The Kier molecular flexibility index (Phi) is 4.42. The molecule has 2 heterocycles. The molecule has 2 aliphatic rings. The van der Waals surface area contributed by atoms with E-state index < -0.39 is 0 Å². The molecule has 5 heteroatoms. The molecule has 2 fully saturated rings. The van der Waals surface area contributed by atoms with Gasteiger partial charge in [-0.2, -0.15) is 0 Å². The fourth-order valence-corrected chi connectivity index (χ4v) is 4.30. The van der Waals surface area contributed by atoms with Crippen LogP contribution < -0.4 is 5.32 Å². The first kappa shape index (κ1) is 16.7. The van der Waals surface area contributed by atoms with Crippen LogP contribution in [0.25, 0.3) is 0 Å². The second kappa shape index (κ2) is 6.87. The number of rotatable bonds is 2. The van der Waals surface area contributed by atoms with Crippen LogP contribution >= 0.6 is 0 Å². The first-order chi connectivity index (χ1) is 12.6. The van der Waals surface area contributed by atoms with Crippen LogP contribution in [0, 0.1) is 30.6 Å². The van der Waals surface area contributed by atoms with Crippen molar-refractivity contribution in [3.8, 4) is 11.8 Å². The van der Waals surface area contributed by atoms with E-state index in [2.05, 4.69) is 32.1 Å². The normalized spacial score (nSPS) is 26.7. The monoisotopic (exact) mass is 346 g/mol. The standard InChI is InChI=1S/C21H22N4O/c1-15-22-13-10-19(24-15)20(26)25-21-11-9-16(14-21)5-6-17(21)7-8-18-4-2-3-12-23-18/h2-4,10,12-13,16-17H,5-6,9,11,14H2,1H3,(H,25,26)/t16-,17?,21+/m0/s1. The average Bonchev–Trinajstić information content (AvgIpc) is 2.99. The van der Waals surface area contributed by atoms with Gasteiger partial charge in [-0.05, 0) is 69.1 Å². The van der Waals surface area contributed by atoms with Crippen molar-refractivity contribution < 1.29 is 4.79 Å². The van der Waals surface area contributed by atoms with E-state index in [0.29, 0.717) is 17.4 Å². The zero-order valence-electron chi connectivity index (χ0n) is 14.9. The van der Waals surface area contributed by atoms with E-state index in [0.717, 1.165) is 31.4 Å². The second-order valence-corrected chi connectivity index (χ2v) is 7.32. The Morgan fingerprint density at radius 2 is 2.12 bits per heavy atom. The molecular weight excluding hydrogens is 324 g/mol. The number of amides is 1. The average molecular weight is 346 g/mol.